The highest BCUT2D eigenvalue weighted by Crippen LogP contribution is 2.65. The molecule has 0 bridgehead atoms. The molecule has 3 heterocycles. The zero-order valence-corrected chi connectivity index (χ0v) is 42.2. The van der Waals surface area contributed by atoms with Gasteiger partial charge in [-0.3, -0.25) is 0 Å². The summed E-state index contributed by atoms with van der Waals surface area (Å²) in [4.78, 5) is 2.45. The normalized spacial score (nSPS) is 14.1. The first-order valence-corrected chi connectivity index (χ1v) is 26.8. The van der Waals surface area contributed by atoms with E-state index in [9.17, 15) is 0 Å². The third-order valence-electron chi connectivity index (χ3n) is 17.2. The lowest BCUT2D eigenvalue weighted by Gasteiger charge is -2.39. The van der Waals surface area contributed by atoms with Gasteiger partial charge in [0.2, 0.25) is 0 Å². The minimum Gasteiger partial charge on any atom is -0.457 e. The van der Waals surface area contributed by atoms with Gasteiger partial charge in [-0.05, 0) is 140 Å². The number of fused-ring (bicyclic) bond motifs is 21. The van der Waals surface area contributed by atoms with Crippen LogP contribution in [0.3, 0.4) is 0 Å². The minimum atomic E-state index is -0.609. The number of para-hydroxylation sites is 5. The maximum absolute atomic E-state index is 6.72. The number of rotatable bonds is 5. The van der Waals surface area contributed by atoms with Gasteiger partial charge in [0.25, 0.3) is 0 Å². The van der Waals surface area contributed by atoms with Gasteiger partial charge < -0.3 is 18.8 Å². The second-order valence-corrected chi connectivity index (χ2v) is 21.0. The number of hydrogen-bond donors (Lipinski definition) is 0. The molecule has 0 N–H and O–H groups in total. The van der Waals surface area contributed by atoms with Gasteiger partial charge in [-0.25, -0.2) is 0 Å². The molecule has 0 fully saturated rings. The second kappa shape index (κ2) is 16.2. The zero-order chi connectivity index (χ0) is 51.1. The number of anilines is 3. The van der Waals surface area contributed by atoms with E-state index in [2.05, 4.69) is 266 Å². The van der Waals surface area contributed by atoms with Crippen LogP contribution in [0, 0.1) is 0 Å². The van der Waals surface area contributed by atoms with Crippen molar-refractivity contribution in [2.75, 3.05) is 4.90 Å². The molecule has 4 aliphatic rings. The standard InChI is InChI=1S/C74H45NO3/c1-4-19-57-52(16-1)55-44-48(36-42-59(55)73(57)60-21-6-11-28-68(60)77-69-29-12-7-22-61(69)73)46-32-38-50(39-33-46)75(51-40-34-47(35-41-51)49-37-43-67-56(45-49)53-17-3-10-27-66(53)76-67)65-26-15-25-64-72(65)54-18-2-5-20-58(54)74(64)62-23-8-13-30-70(62)78-71-31-14-9-24-63(71)74/h1-45H. The Labute approximate surface area is 451 Å². The molecule has 13 aromatic rings. The summed E-state index contributed by atoms with van der Waals surface area (Å²) < 4.78 is 19.6. The highest BCUT2D eigenvalue weighted by atomic mass is 16.5. The van der Waals surface area contributed by atoms with Crippen molar-refractivity contribution >= 4 is 39.0 Å². The molecule has 0 unspecified atom stereocenters. The lowest BCUT2D eigenvalue weighted by molar-refractivity contribution is 0.436. The van der Waals surface area contributed by atoms with Crippen LogP contribution in [-0.4, -0.2) is 0 Å². The van der Waals surface area contributed by atoms with E-state index in [0.29, 0.717) is 0 Å². The van der Waals surface area contributed by atoms with Crippen molar-refractivity contribution in [1.82, 2.24) is 0 Å². The molecule has 0 radical (unpaired) electrons. The summed E-state index contributed by atoms with van der Waals surface area (Å²) in [7, 11) is 0. The van der Waals surface area contributed by atoms with Gasteiger partial charge in [0.05, 0.1) is 16.5 Å². The number of nitrogens with zero attached hydrogens (tertiary/aromatic N) is 1. The summed E-state index contributed by atoms with van der Waals surface area (Å²) in [5.41, 5.74) is 23.0. The lowest BCUT2D eigenvalue weighted by Crippen LogP contribution is -2.32. The number of benzene rings is 12. The summed E-state index contributed by atoms with van der Waals surface area (Å²) in [6.07, 6.45) is 0. The first-order valence-electron chi connectivity index (χ1n) is 26.8. The van der Waals surface area contributed by atoms with Crippen molar-refractivity contribution in [1.29, 1.82) is 0 Å². The molecule has 2 spiro atoms. The van der Waals surface area contributed by atoms with Crippen molar-refractivity contribution in [3.8, 4) is 67.5 Å². The maximum atomic E-state index is 6.72. The van der Waals surface area contributed by atoms with Gasteiger partial charge in [-0.15, -0.1) is 0 Å². The molecule has 2 aliphatic carbocycles. The molecule has 12 aromatic carbocycles. The van der Waals surface area contributed by atoms with E-state index in [0.717, 1.165) is 95.4 Å². The van der Waals surface area contributed by atoms with Crippen molar-refractivity contribution in [3.05, 3.63) is 317 Å². The second-order valence-electron chi connectivity index (χ2n) is 21.0. The fourth-order valence-electron chi connectivity index (χ4n) is 14.0. The van der Waals surface area contributed by atoms with Crippen LogP contribution in [-0.2, 0) is 10.8 Å². The third-order valence-corrected chi connectivity index (χ3v) is 17.2. The Morgan fingerprint density at radius 3 is 1.29 bits per heavy atom. The fraction of sp³-hybridized carbons (Fsp3) is 0.0270. The van der Waals surface area contributed by atoms with Crippen LogP contribution >= 0.6 is 0 Å². The predicted octanol–water partition coefficient (Wildman–Crippen LogP) is 19.3. The van der Waals surface area contributed by atoms with Crippen LogP contribution in [0.25, 0.3) is 66.4 Å². The van der Waals surface area contributed by atoms with Gasteiger partial charge in [0.15, 0.2) is 0 Å². The molecule has 2 aliphatic heterocycles. The van der Waals surface area contributed by atoms with Gasteiger partial charge in [-0.2, -0.15) is 0 Å². The average molecular weight is 996 g/mol. The number of hydrogen-bond acceptors (Lipinski definition) is 4. The van der Waals surface area contributed by atoms with E-state index in [4.69, 9.17) is 13.9 Å². The van der Waals surface area contributed by atoms with Gasteiger partial charge >= 0.3 is 0 Å². The van der Waals surface area contributed by atoms with Gasteiger partial charge in [-0.1, -0.05) is 194 Å². The van der Waals surface area contributed by atoms with E-state index in [1.807, 2.05) is 12.1 Å². The summed E-state index contributed by atoms with van der Waals surface area (Å²) in [5.74, 6) is 3.54. The molecule has 0 atom stereocenters. The minimum absolute atomic E-state index is 0.516. The zero-order valence-electron chi connectivity index (χ0n) is 42.2. The monoisotopic (exact) mass is 995 g/mol. The molecule has 1 aromatic heterocycles. The maximum Gasteiger partial charge on any atom is 0.135 e. The fourth-order valence-corrected chi connectivity index (χ4v) is 14.0. The summed E-state index contributed by atoms with van der Waals surface area (Å²) in [5, 5.41) is 2.24. The molecule has 364 valence electrons. The highest BCUT2D eigenvalue weighted by Gasteiger charge is 2.53. The molecule has 4 heteroatoms. The average Bonchev–Trinajstić information content (AvgIpc) is 4.24. The Bertz CT molecular complexity index is 4550. The van der Waals surface area contributed by atoms with Crippen LogP contribution in [0.1, 0.15) is 44.5 Å². The van der Waals surface area contributed by atoms with E-state index in [1.165, 1.54) is 55.6 Å². The van der Waals surface area contributed by atoms with Gasteiger partial charge in [0, 0.05) is 50.0 Å². The van der Waals surface area contributed by atoms with Crippen LogP contribution in [0.5, 0.6) is 23.0 Å². The molecule has 17 rings (SSSR count). The van der Waals surface area contributed by atoms with Crippen molar-refractivity contribution in [2.45, 2.75) is 10.8 Å². The first kappa shape index (κ1) is 43.1. The summed E-state index contributed by atoms with van der Waals surface area (Å²) in [6, 6.07) is 99.2. The molecule has 78 heavy (non-hydrogen) atoms. The first-order chi connectivity index (χ1) is 38.7. The summed E-state index contributed by atoms with van der Waals surface area (Å²) >= 11 is 0. The Morgan fingerprint density at radius 2 is 0.692 bits per heavy atom. The van der Waals surface area contributed by atoms with Crippen molar-refractivity contribution in [3.63, 3.8) is 0 Å². The number of furan rings is 1. The third kappa shape index (κ3) is 5.78. The van der Waals surface area contributed by atoms with Crippen LogP contribution in [0.4, 0.5) is 17.1 Å². The number of ether oxygens (including phenoxy) is 2. The van der Waals surface area contributed by atoms with Crippen molar-refractivity contribution < 1.29 is 13.9 Å². The molecule has 4 nitrogen and oxygen atoms in total. The molecule has 0 saturated heterocycles. The summed E-state index contributed by atoms with van der Waals surface area (Å²) in [6.45, 7) is 0. The van der Waals surface area contributed by atoms with Crippen LogP contribution in [0.2, 0.25) is 0 Å². The van der Waals surface area contributed by atoms with Gasteiger partial charge in [0.1, 0.15) is 34.2 Å². The van der Waals surface area contributed by atoms with E-state index in [1.54, 1.807) is 0 Å². The highest BCUT2D eigenvalue weighted by molar-refractivity contribution is 6.06. The molecule has 0 saturated carbocycles. The SMILES string of the molecule is c1ccc2c(c1)Oc1ccccc1C21c2ccccc2-c2cc(-c3ccc(N(c4ccc(-c5ccc6oc7ccccc7c6c5)cc4)c4cccc5c4-c4ccccc4C54c5ccccc5Oc5ccccc54)cc3)ccc21. The quantitative estimate of drug-likeness (QED) is 0.172. The predicted molar refractivity (Wildman–Crippen MR) is 314 cm³/mol. The largest absolute Gasteiger partial charge is 0.457 e. The van der Waals surface area contributed by atoms with E-state index >= 15 is 0 Å². The topological polar surface area (TPSA) is 34.8 Å². The van der Waals surface area contributed by atoms with Crippen LogP contribution < -0.4 is 14.4 Å². The molecular weight excluding hydrogens is 951 g/mol. The van der Waals surface area contributed by atoms with E-state index in [-0.39, 0.29) is 0 Å². The lowest BCUT2D eigenvalue weighted by atomic mass is 9.66. The molecular formula is C74H45NO3. The molecule has 0 amide bonds. The van der Waals surface area contributed by atoms with E-state index < -0.39 is 10.8 Å². The van der Waals surface area contributed by atoms with Crippen molar-refractivity contribution in [2.24, 2.45) is 0 Å². The Balaban J connectivity index is 0.835. The Kier molecular flexibility index (Phi) is 8.94. The Hall–Kier alpha value is -10.2. The Morgan fingerprint density at radius 1 is 0.269 bits per heavy atom. The smallest absolute Gasteiger partial charge is 0.135 e. The van der Waals surface area contributed by atoms with Crippen LogP contribution in [0.15, 0.2) is 277 Å².